The Labute approximate surface area is 112 Å². The highest BCUT2D eigenvalue weighted by atomic mass is 16.5. The molecule has 0 amide bonds. The van der Waals surface area contributed by atoms with E-state index in [-0.39, 0.29) is 0 Å². The van der Waals surface area contributed by atoms with Crippen LogP contribution in [0.3, 0.4) is 0 Å². The molecule has 0 aliphatic carbocycles. The Balaban J connectivity index is 2.07. The third-order valence-electron chi connectivity index (χ3n) is 2.98. The minimum absolute atomic E-state index is 0.444. The first-order valence-electron chi connectivity index (χ1n) is 6.22. The van der Waals surface area contributed by atoms with E-state index >= 15 is 0 Å². The molecule has 0 atom stereocenters. The molecule has 1 aromatic carbocycles. The van der Waals surface area contributed by atoms with Gasteiger partial charge in [0.2, 0.25) is 0 Å². The molecule has 2 rings (SSSR count). The van der Waals surface area contributed by atoms with Gasteiger partial charge in [-0.3, -0.25) is 4.68 Å². The van der Waals surface area contributed by atoms with E-state index in [2.05, 4.69) is 12.0 Å². The van der Waals surface area contributed by atoms with Crippen molar-refractivity contribution in [2.75, 3.05) is 12.8 Å². The zero-order chi connectivity index (χ0) is 13.8. The van der Waals surface area contributed by atoms with E-state index in [0.29, 0.717) is 18.0 Å². The van der Waals surface area contributed by atoms with Gasteiger partial charge in [0.1, 0.15) is 18.1 Å². The monoisotopic (exact) mass is 261 g/mol. The summed E-state index contributed by atoms with van der Waals surface area (Å²) in [5.74, 6) is 1.37. The van der Waals surface area contributed by atoms with Crippen LogP contribution in [-0.4, -0.2) is 16.9 Å². The zero-order valence-electron chi connectivity index (χ0n) is 11.5. The molecule has 2 N–H and O–H groups in total. The van der Waals surface area contributed by atoms with Gasteiger partial charge in [-0.15, -0.1) is 0 Å². The maximum absolute atomic E-state index is 5.90. The molecular weight excluding hydrogens is 242 g/mol. The lowest BCUT2D eigenvalue weighted by Crippen LogP contribution is -2.04. The van der Waals surface area contributed by atoms with Crippen LogP contribution in [0.15, 0.2) is 24.3 Å². The third-order valence-corrected chi connectivity index (χ3v) is 2.98. The third kappa shape index (κ3) is 2.99. The fourth-order valence-corrected chi connectivity index (χ4v) is 1.82. The fraction of sp³-hybridized carbons (Fsp3) is 0.357. The quantitative estimate of drug-likeness (QED) is 0.838. The van der Waals surface area contributed by atoms with Crippen LogP contribution in [0.5, 0.6) is 11.5 Å². The van der Waals surface area contributed by atoms with Gasteiger partial charge in [0.05, 0.1) is 24.2 Å². The van der Waals surface area contributed by atoms with Crippen molar-refractivity contribution in [3.05, 3.63) is 35.7 Å². The molecule has 102 valence electrons. The number of hydrogen-bond donors (Lipinski definition) is 1. The molecule has 0 bridgehead atoms. The molecule has 0 aliphatic heterocycles. The van der Waals surface area contributed by atoms with E-state index in [1.54, 1.807) is 13.2 Å². The molecule has 1 aromatic heterocycles. The summed E-state index contributed by atoms with van der Waals surface area (Å²) in [6, 6.07) is 7.42. The Morgan fingerprint density at radius 3 is 2.68 bits per heavy atom. The number of nitrogens with zero attached hydrogens (tertiary/aromatic N) is 2. The molecule has 1 heterocycles. The van der Waals surface area contributed by atoms with Crippen molar-refractivity contribution in [2.45, 2.75) is 20.0 Å². The van der Waals surface area contributed by atoms with Crippen LogP contribution in [-0.2, 0) is 20.1 Å². The highest BCUT2D eigenvalue weighted by Gasteiger charge is 2.07. The summed E-state index contributed by atoms with van der Waals surface area (Å²) in [5, 5.41) is 4.38. The predicted molar refractivity (Wildman–Crippen MR) is 74.3 cm³/mol. The van der Waals surface area contributed by atoms with Gasteiger partial charge in [0.15, 0.2) is 0 Å². The van der Waals surface area contributed by atoms with Crippen LogP contribution in [0.4, 0.5) is 5.69 Å². The first-order chi connectivity index (χ1) is 9.13. The second-order valence-electron chi connectivity index (χ2n) is 4.30. The van der Waals surface area contributed by atoms with Crippen molar-refractivity contribution in [1.29, 1.82) is 0 Å². The SMILES string of the molecule is CCc1cc(COc2ccc(OC)cc2N)n(C)n1. The average Bonchev–Trinajstić information content (AvgIpc) is 2.78. The minimum Gasteiger partial charge on any atom is -0.497 e. The van der Waals surface area contributed by atoms with Gasteiger partial charge in [-0.1, -0.05) is 6.92 Å². The number of anilines is 1. The second kappa shape index (κ2) is 5.65. The molecular formula is C14H19N3O2. The van der Waals surface area contributed by atoms with Crippen molar-refractivity contribution < 1.29 is 9.47 Å². The molecule has 19 heavy (non-hydrogen) atoms. The Morgan fingerprint density at radius 2 is 2.11 bits per heavy atom. The maximum atomic E-state index is 5.90. The second-order valence-corrected chi connectivity index (χ2v) is 4.30. The van der Waals surface area contributed by atoms with Gasteiger partial charge in [0.25, 0.3) is 0 Å². The largest absolute Gasteiger partial charge is 0.497 e. The number of rotatable bonds is 5. The molecule has 0 unspecified atom stereocenters. The van der Waals surface area contributed by atoms with E-state index in [1.807, 2.05) is 29.9 Å². The molecule has 0 saturated carbocycles. The summed E-state index contributed by atoms with van der Waals surface area (Å²) in [6.45, 7) is 2.52. The predicted octanol–water partition coefficient (Wildman–Crippen LogP) is 2.15. The van der Waals surface area contributed by atoms with Crippen molar-refractivity contribution in [3.8, 4) is 11.5 Å². The molecule has 0 aliphatic rings. The normalized spacial score (nSPS) is 10.5. The van der Waals surface area contributed by atoms with Crippen LogP contribution >= 0.6 is 0 Å². The van der Waals surface area contributed by atoms with E-state index in [0.717, 1.165) is 23.6 Å². The number of ether oxygens (including phenoxy) is 2. The van der Waals surface area contributed by atoms with Gasteiger partial charge in [-0.2, -0.15) is 5.10 Å². The smallest absolute Gasteiger partial charge is 0.143 e. The van der Waals surface area contributed by atoms with Gasteiger partial charge < -0.3 is 15.2 Å². The summed E-state index contributed by atoms with van der Waals surface area (Å²) in [4.78, 5) is 0. The number of nitrogen functional groups attached to an aromatic ring is 1. The number of methoxy groups -OCH3 is 1. The Morgan fingerprint density at radius 1 is 1.32 bits per heavy atom. The lowest BCUT2D eigenvalue weighted by atomic mass is 10.3. The van der Waals surface area contributed by atoms with Crippen molar-refractivity contribution in [1.82, 2.24) is 9.78 Å². The van der Waals surface area contributed by atoms with Gasteiger partial charge in [-0.05, 0) is 24.6 Å². The maximum Gasteiger partial charge on any atom is 0.143 e. The molecule has 5 heteroatoms. The standard InChI is InChI=1S/C14H19N3O2/c1-4-10-7-11(17(2)16-10)9-19-14-6-5-12(18-3)8-13(14)15/h5-8H,4,9,15H2,1-3H3. The number of nitrogens with two attached hydrogens (primary N) is 1. The van der Waals surface area contributed by atoms with Crippen LogP contribution in [0.1, 0.15) is 18.3 Å². The van der Waals surface area contributed by atoms with E-state index in [9.17, 15) is 0 Å². The molecule has 5 nitrogen and oxygen atoms in total. The Kier molecular flexibility index (Phi) is 3.94. The number of aryl methyl sites for hydroxylation is 2. The minimum atomic E-state index is 0.444. The molecule has 0 saturated heterocycles. The summed E-state index contributed by atoms with van der Waals surface area (Å²) in [5.41, 5.74) is 8.55. The lowest BCUT2D eigenvalue weighted by molar-refractivity contribution is 0.296. The Bertz CT molecular complexity index is 564. The van der Waals surface area contributed by atoms with Crippen molar-refractivity contribution in [3.63, 3.8) is 0 Å². The van der Waals surface area contributed by atoms with Crippen LogP contribution in [0.25, 0.3) is 0 Å². The topological polar surface area (TPSA) is 62.3 Å². The van der Waals surface area contributed by atoms with Crippen LogP contribution in [0, 0.1) is 0 Å². The lowest BCUT2D eigenvalue weighted by Gasteiger charge is -2.10. The summed E-state index contributed by atoms with van der Waals surface area (Å²) < 4.78 is 12.7. The summed E-state index contributed by atoms with van der Waals surface area (Å²) in [6.07, 6.45) is 0.915. The molecule has 0 fully saturated rings. The van der Waals surface area contributed by atoms with E-state index in [1.165, 1.54) is 0 Å². The average molecular weight is 261 g/mol. The zero-order valence-corrected chi connectivity index (χ0v) is 11.5. The number of hydrogen-bond acceptors (Lipinski definition) is 4. The fourth-order valence-electron chi connectivity index (χ4n) is 1.82. The van der Waals surface area contributed by atoms with Gasteiger partial charge >= 0.3 is 0 Å². The van der Waals surface area contributed by atoms with Crippen LogP contribution in [0.2, 0.25) is 0 Å². The van der Waals surface area contributed by atoms with E-state index in [4.69, 9.17) is 15.2 Å². The first kappa shape index (κ1) is 13.3. The van der Waals surface area contributed by atoms with E-state index < -0.39 is 0 Å². The summed E-state index contributed by atoms with van der Waals surface area (Å²) in [7, 11) is 3.52. The number of benzene rings is 1. The molecule has 2 aromatic rings. The van der Waals surface area contributed by atoms with Gasteiger partial charge in [0, 0.05) is 13.1 Å². The number of aromatic nitrogens is 2. The van der Waals surface area contributed by atoms with Crippen LogP contribution < -0.4 is 15.2 Å². The first-order valence-corrected chi connectivity index (χ1v) is 6.22. The van der Waals surface area contributed by atoms with Crippen molar-refractivity contribution >= 4 is 5.69 Å². The summed E-state index contributed by atoms with van der Waals surface area (Å²) >= 11 is 0. The highest BCUT2D eigenvalue weighted by molar-refractivity contribution is 5.56. The van der Waals surface area contributed by atoms with Gasteiger partial charge in [-0.25, -0.2) is 0 Å². The molecule has 0 spiro atoms. The van der Waals surface area contributed by atoms with Crippen molar-refractivity contribution in [2.24, 2.45) is 7.05 Å². The Hall–Kier alpha value is -2.17. The molecule has 0 radical (unpaired) electrons. The highest BCUT2D eigenvalue weighted by Crippen LogP contribution is 2.26.